The van der Waals surface area contributed by atoms with Gasteiger partial charge in [-0.2, -0.15) is 0 Å². The van der Waals surface area contributed by atoms with Gasteiger partial charge in [0.05, 0.1) is 13.2 Å². The Labute approximate surface area is 139 Å². The zero-order chi connectivity index (χ0) is 16.8. The lowest BCUT2D eigenvalue weighted by Crippen LogP contribution is -2.32. The molecule has 0 saturated carbocycles. The molecule has 7 nitrogen and oxygen atoms in total. The molecule has 1 N–H and O–H groups in total. The third kappa shape index (κ3) is 3.75. The van der Waals surface area contributed by atoms with Crippen LogP contribution in [0.5, 0.6) is 5.75 Å². The Morgan fingerprint density at radius 1 is 1.12 bits per heavy atom. The van der Waals surface area contributed by atoms with Crippen molar-refractivity contribution >= 4 is 5.91 Å². The monoisotopic (exact) mass is 323 g/mol. The van der Waals surface area contributed by atoms with E-state index in [0.29, 0.717) is 0 Å². The van der Waals surface area contributed by atoms with Crippen LogP contribution in [0.2, 0.25) is 0 Å². The van der Waals surface area contributed by atoms with E-state index >= 15 is 0 Å². The number of tetrazole rings is 1. The number of methoxy groups -OCH3 is 1. The Morgan fingerprint density at radius 2 is 1.83 bits per heavy atom. The largest absolute Gasteiger partial charge is 0.497 e. The topological polar surface area (TPSA) is 81.9 Å². The zero-order valence-corrected chi connectivity index (χ0v) is 13.2. The second kappa shape index (κ2) is 7.36. The Hall–Kier alpha value is -3.22. The molecule has 3 rings (SSSR count). The summed E-state index contributed by atoms with van der Waals surface area (Å²) < 4.78 is 6.57. The molecular formula is C17H17N5O2. The first-order chi connectivity index (χ1) is 11.8. The third-order valence-corrected chi connectivity index (χ3v) is 3.58. The highest BCUT2D eigenvalue weighted by Gasteiger charge is 2.17. The fourth-order valence-corrected chi connectivity index (χ4v) is 2.41. The van der Waals surface area contributed by atoms with E-state index in [1.54, 1.807) is 7.11 Å². The molecule has 0 saturated heterocycles. The smallest absolute Gasteiger partial charge is 0.242 e. The van der Waals surface area contributed by atoms with Crippen LogP contribution in [0.4, 0.5) is 0 Å². The highest BCUT2D eigenvalue weighted by Crippen LogP contribution is 2.24. The summed E-state index contributed by atoms with van der Waals surface area (Å²) in [6, 6.07) is 17.1. The van der Waals surface area contributed by atoms with E-state index in [1.807, 2.05) is 54.6 Å². The number of amides is 1. The van der Waals surface area contributed by atoms with Gasteiger partial charge in [-0.05, 0) is 33.7 Å². The number of carbonyl (C=O) groups excluding carboxylic acids is 1. The summed E-state index contributed by atoms with van der Waals surface area (Å²) in [5.74, 6) is 0.595. The van der Waals surface area contributed by atoms with Gasteiger partial charge in [-0.25, -0.2) is 4.68 Å². The fourth-order valence-electron chi connectivity index (χ4n) is 2.41. The number of carbonyl (C=O) groups is 1. The Morgan fingerprint density at radius 3 is 2.46 bits per heavy atom. The van der Waals surface area contributed by atoms with Crippen molar-refractivity contribution < 1.29 is 9.53 Å². The van der Waals surface area contributed by atoms with E-state index in [1.165, 1.54) is 11.0 Å². The summed E-state index contributed by atoms with van der Waals surface area (Å²) in [4.78, 5) is 12.3. The average Bonchev–Trinajstić information content (AvgIpc) is 3.13. The first kappa shape index (κ1) is 15.7. The van der Waals surface area contributed by atoms with Gasteiger partial charge >= 0.3 is 0 Å². The predicted octanol–water partition coefficient (Wildman–Crippen LogP) is 1.59. The van der Waals surface area contributed by atoms with Gasteiger partial charge in [0.2, 0.25) is 5.91 Å². The van der Waals surface area contributed by atoms with Crippen molar-refractivity contribution in [1.29, 1.82) is 0 Å². The summed E-state index contributed by atoms with van der Waals surface area (Å²) in [5, 5.41) is 13.8. The molecular weight excluding hydrogens is 306 g/mol. The van der Waals surface area contributed by atoms with Crippen LogP contribution >= 0.6 is 0 Å². The van der Waals surface area contributed by atoms with Gasteiger partial charge in [0.15, 0.2) is 0 Å². The Balaban J connectivity index is 1.83. The van der Waals surface area contributed by atoms with Gasteiger partial charge < -0.3 is 10.1 Å². The minimum Gasteiger partial charge on any atom is -0.497 e. The van der Waals surface area contributed by atoms with Gasteiger partial charge in [-0.15, -0.1) is 5.10 Å². The minimum atomic E-state index is -0.263. The summed E-state index contributed by atoms with van der Waals surface area (Å²) in [5.41, 5.74) is 1.96. The molecule has 0 aliphatic rings. The molecule has 0 aliphatic carbocycles. The molecule has 122 valence electrons. The quantitative estimate of drug-likeness (QED) is 0.745. The molecule has 7 heteroatoms. The second-order valence-corrected chi connectivity index (χ2v) is 5.19. The average molecular weight is 323 g/mol. The van der Waals surface area contributed by atoms with Gasteiger partial charge in [0.25, 0.3) is 0 Å². The lowest BCUT2D eigenvalue weighted by molar-refractivity contribution is -0.122. The van der Waals surface area contributed by atoms with Crippen molar-refractivity contribution in [2.24, 2.45) is 0 Å². The van der Waals surface area contributed by atoms with E-state index in [4.69, 9.17) is 4.74 Å². The van der Waals surface area contributed by atoms with Gasteiger partial charge in [0, 0.05) is 0 Å². The molecule has 1 atom stereocenters. The van der Waals surface area contributed by atoms with Crippen LogP contribution in [0, 0.1) is 0 Å². The summed E-state index contributed by atoms with van der Waals surface area (Å²) in [7, 11) is 1.62. The molecule has 3 aromatic rings. The maximum Gasteiger partial charge on any atom is 0.242 e. The molecule has 1 heterocycles. The van der Waals surface area contributed by atoms with Crippen molar-refractivity contribution in [2.75, 3.05) is 7.11 Å². The van der Waals surface area contributed by atoms with E-state index in [-0.39, 0.29) is 18.5 Å². The van der Waals surface area contributed by atoms with Crippen LogP contribution in [0.15, 0.2) is 60.9 Å². The van der Waals surface area contributed by atoms with Crippen LogP contribution in [-0.4, -0.2) is 33.2 Å². The number of hydrogen-bond acceptors (Lipinski definition) is 5. The molecule has 2 aromatic carbocycles. The van der Waals surface area contributed by atoms with Crippen LogP contribution in [0.25, 0.3) is 0 Å². The van der Waals surface area contributed by atoms with Crippen molar-refractivity contribution in [1.82, 2.24) is 25.5 Å². The van der Waals surface area contributed by atoms with Gasteiger partial charge in [-0.3, -0.25) is 4.79 Å². The summed E-state index contributed by atoms with van der Waals surface area (Å²) in [6.45, 7) is 0.0620. The van der Waals surface area contributed by atoms with Crippen LogP contribution in [-0.2, 0) is 11.3 Å². The number of rotatable bonds is 6. The zero-order valence-electron chi connectivity index (χ0n) is 13.2. The molecule has 0 spiro atoms. The first-order valence-corrected chi connectivity index (χ1v) is 7.45. The second-order valence-electron chi connectivity index (χ2n) is 5.19. The molecule has 0 bridgehead atoms. The fraction of sp³-hybridized carbons (Fsp3) is 0.176. The molecule has 1 aromatic heterocycles. The Bertz CT molecular complexity index is 773. The molecule has 0 aliphatic heterocycles. The Kier molecular flexibility index (Phi) is 4.81. The highest BCUT2D eigenvalue weighted by atomic mass is 16.5. The molecule has 1 amide bonds. The lowest BCUT2D eigenvalue weighted by atomic mass is 9.98. The molecule has 0 unspecified atom stereocenters. The lowest BCUT2D eigenvalue weighted by Gasteiger charge is -2.20. The van der Waals surface area contributed by atoms with Crippen molar-refractivity contribution in [3.05, 3.63) is 72.1 Å². The molecule has 24 heavy (non-hydrogen) atoms. The van der Waals surface area contributed by atoms with E-state index in [2.05, 4.69) is 20.8 Å². The van der Waals surface area contributed by atoms with E-state index in [0.717, 1.165) is 16.9 Å². The van der Waals surface area contributed by atoms with Gasteiger partial charge in [-0.1, -0.05) is 42.5 Å². The van der Waals surface area contributed by atoms with Gasteiger partial charge in [0.1, 0.15) is 18.6 Å². The maximum atomic E-state index is 12.3. The molecule has 0 fully saturated rings. The number of aromatic nitrogens is 4. The number of nitrogens with one attached hydrogen (secondary N) is 1. The van der Waals surface area contributed by atoms with Crippen molar-refractivity contribution in [3.63, 3.8) is 0 Å². The predicted molar refractivity (Wildman–Crippen MR) is 87.2 cm³/mol. The van der Waals surface area contributed by atoms with Crippen LogP contribution < -0.4 is 10.1 Å². The van der Waals surface area contributed by atoms with Crippen LogP contribution in [0.1, 0.15) is 17.2 Å². The number of hydrogen-bond donors (Lipinski definition) is 1. The number of nitrogens with zero attached hydrogens (tertiary/aromatic N) is 4. The summed E-state index contributed by atoms with van der Waals surface area (Å²) in [6.07, 6.45) is 1.41. The highest BCUT2D eigenvalue weighted by molar-refractivity contribution is 5.76. The minimum absolute atomic E-state index is 0.0620. The molecule has 0 radical (unpaired) electrons. The van der Waals surface area contributed by atoms with Crippen LogP contribution in [0.3, 0.4) is 0 Å². The normalized spacial score (nSPS) is 11.7. The first-order valence-electron chi connectivity index (χ1n) is 7.45. The third-order valence-electron chi connectivity index (χ3n) is 3.58. The number of benzene rings is 2. The SMILES string of the molecule is COc1ccc([C@H](NC(=O)Cn2cnnn2)c2ccccc2)cc1. The van der Waals surface area contributed by atoms with E-state index < -0.39 is 0 Å². The van der Waals surface area contributed by atoms with Crippen molar-refractivity contribution in [3.8, 4) is 5.75 Å². The van der Waals surface area contributed by atoms with Crippen molar-refractivity contribution in [2.45, 2.75) is 12.6 Å². The maximum absolute atomic E-state index is 12.3. The number of ether oxygens (including phenoxy) is 1. The standard InChI is InChI=1S/C17H17N5O2/c1-24-15-9-7-14(8-10-15)17(13-5-3-2-4-6-13)19-16(23)11-22-12-18-20-21-22/h2-10,12,17H,11H2,1H3,(H,19,23)/t17-/m1/s1. The van der Waals surface area contributed by atoms with E-state index in [9.17, 15) is 4.79 Å². The summed E-state index contributed by atoms with van der Waals surface area (Å²) >= 11 is 0.